The van der Waals surface area contributed by atoms with Crippen LogP contribution in [0.4, 0.5) is 4.39 Å². The fourth-order valence-electron chi connectivity index (χ4n) is 2.55. The van der Waals surface area contributed by atoms with Gasteiger partial charge in [0, 0.05) is 12.1 Å². The first-order valence-corrected chi connectivity index (χ1v) is 5.45. The summed E-state index contributed by atoms with van der Waals surface area (Å²) in [6.45, 7) is 2.62. The lowest BCUT2D eigenvalue weighted by molar-refractivity contribution is 0.139. The zero-order valence-corrected chi connectivity index (χ0v) is 9.59. The van der Waals surface area contributed by atoms with Gasteiger partial charge in [-0.05, 0) is 31.4 Å². The summed E-state index contributed by atoms with van der Waals surface area (Å²) in [5.41, 5.74) is 1.05. The fourth-order valence-corrected chi connectivity index (χ4v) is 3.13. The van der Waals surface area contributed by atoms with E-state index in [9.17, 15) is 4.39 Å². The lowest BCUT2D eigenvalue weighted by Crippen LogP contribution is -2.41. The van der Waals surface area contributed by atoms with Crippen LogP contribution in [0.5, 0.6) is 0 Å². The molecule has 0 aromatic rings. The molecule has 0 aliphatic carbocycles. The predicted molar refractivity (Wildman–Crippen MR) is 57.3 cm³/mol. The third-order valence-corrected chi connectivity index (χ3v) is 3.48. The van der Waals surface area contributed by atoms with Gasteiger partial charge in [-0.1, -0.05) is 0 Å². The third-order valence-electron chi connectivity index (χ3n) is 3.17. The van der Waals surface area contributed by atoms with Crippen LogP contribution in [-0.2, 0) is 3.07 Å². The molecule has 2 aliphatic heterocycles. The smallest absolute Gasteiger partial charge is 0.109 e. The van der Waals surface area contributed by atoms with Gasteiger partial charge in [0.25, 0.3) is 0 Å². The summed E-state index contributed by atoms with van der Waals surface area (Å²) in [5.74, 6) is 0. The Bertz CT molecular complexity index is 234. The average Bonchev–Trinajstić information content (AvgIpc) is 2.60. The molecular formula is C9H13FINO. The molecule has 2 fully saturated rings. The zero-order valence-electron chi connectivity index (χ0n) is 7.43. The van der Waals surface area contributed by atoms with Crippen molar-refractivity contribution >= 4 is 23.0 Å². The van der Waals surface area contributed by atoms with Crippen LogP contribution in [0.15, 0.2) is 11.9 Å². The number of hydrogen-bond donors (Lipinski definition) is 0. The van der Waals surface area contributed by atoms with Crippen molar-refractivity contribution in [1.29, 1.82) is 0 Å². The fraction of sp³-hybridized carbons (Fsp3) is 0.778. The first-order valence-electron chi connectivity index (χ1n) is 4.57. The second-order valence-electron chi connectivity index (χ2n) is 3.95. The first-order chi connectivity index (χ1) is 6.30. The summed E-state index contributed by atoms with van der Waals surface area (Å²) in [6.07, 6.45) is 3.99. The highest BCUT2D eigenvalue weighted by molar-refractivity contribution is 14.1. The van der Waals surface area contributed by atoms with E-state index < -0.39 is 0 Å². The van der Waals surface area contributed by atoms with Gasteiger partial charge in [-0.25, -0.2) is 4.39 Å². The summed E-state index contributed by atoms with van der Waals surface area (Å²) in [6, 6.07) is 0. The summed E-state index contributed by atoms with van der Waals surface area (Å²) < 4.78 is 17.6. The summed E-state index contributed by atoms with van der Waals surface area (Å²) in [4.78, 5) is 2.36. The monoisotopic (exact) mass is 297 g/mol. The van der Waals surface area contributed by atoms with E-state index in [1.54, 1.807) is 0 Å². The minimum atomic E-state index is 0.124. The van der Waals surface area contributed by atoms with Crippen LogP contribution in [0, 0.1) is 0 Å². The van der Waals surface area contributed by atoms with Crippen molar-refractivity contribution in [2.24, 2.45) is 0 Å². The topological polar surface area (TPSA) is 12.5 Å². The molecule has 4 heteroatoms. The van der Waals surface area contributed by atoms with E-state index in [2.05, 4.69) is 4.90 Å². The van der Waals surface area contributed by atoms with Gasteiger partial charge in [0.05, 0.1) is 12.9 Å². The van der Waals surface area contributed by atoms with Crippen LogP contribution in [0.3, 0.4) is 0 Å². The van der Waals surface area contributed by atoms with Gasteiger partial charge in [0.2, 0.25) is 0 Å². The maximum absolute atomic E-state index is 12.4. The molecule has 2 rings (SSSR count). The standard InChI is InChI=1S/C9H13FINO/c10-5-8-4-9(7-13-11)2-1-3-12(9)6-8/h5H,1-4,6-7H2/b8-5-/t9-/m0/s1. The molecule has 13 heavy (non-hydrogen) atoms. The third kappa shape index (κ3) is 1.64. The maximum atomic E-state index is 12.4. The average molecular weight is 297 g/mol. The highest BCUT2D eigenvalue weighted by Gasteiger charge is 2.46. The van der Waals surface area contributed by atoms with E-state index >= 15 is 0 Å². The van der Waals surface area contributed by atoms with Crippen molar-refractivity contribution in [2.75, 3.05) is 19.7 Å². The molecule has 0 spiro atoms. The Balaban J connectivity index is 2.14. The Morgan fingerprint density at radius 2 is 2.54 bits per heavy atom. The van der Waals surface area contributed by atoms with Gasteiger partial charge < -0.3 is 3.07 Å². The van der Waals surface area contributed by atoms with Gasteiger partial charge in [0.15, 0.2) is 0 Å². The molecule has 0 radical (unpaired) electrons. The Morgan fingerprint density at radius 1 is 1.69 bits per heavy atom. The van der Waals surface area contributed by atoms with E-state index in [1.165, 1.54) is 6.42 Å². The molecule has 74 valence electrons. The Kier molecular flexibility index (Phi) is 2.90. The largest absolute Gasteiger partial charge is 0.314 e. The lowest BCUT2D eigenvalue weighted by Gasteiger charge is -2.29. The molecule has 0 aromatic heterocycles. The number of hydrogen-bond acceptors (Lipinski definition) is 2. The van der Waals surface area contributed by atoms with Crippen molar-refractivity contribution in [3.8, 4) is 0 Å². The predicted octanol–water partition coefficient (Wildman–Crippen LogP) is 2.44. The van der Waals surface area contributed by atoms with Crippen molar-refractivity contribution in [1.82, 2.24) is 4.90 Å². The van der Waals surface area contributed by atoms with Crippen LogP contribution in [0.1, 0.15) is 19.3 Å². The molecule has 2 saturated heterocycles. The first kappa shape index (κ1) is 9.86. The van der Waals surface area contributed by atoms with Crippen molar-refractivity contribution in [3.63, 3.8) is 0 Å². The number of fused-ring (bicyclic) bond motifs is 1. The summed E-state index contributed by atoms with van der Waals surface area (Å²) >= 11 is 1.93. The molecule has 0 unspecified atom stereocenters. The molecule has 2 heterocycles. The number of halogens is 2. The molecule has 0 N–H and O–H groups in total. The van der Waals surface area contributed by atoms with Crippen LogP contribution in [-0.4, -0.2) is 30.1 Å². The highest BCUT2D eigenvalue weighted by atomic mass is 127. The Labute approximate surface area is 91.8 Å². The van der Waals surface area contributed by atoms with Crippen molar-refractivity contribution in [2.45, 2.75) is 24.8 Å². The molecule has 2 aliphatic rings. The maximum Gasteiger partial charge on any atom is 0.109 e. The molecule has 0 bridgehead atoms. The SMILES string of the molecule is F/C=C1\CN2CCC[C@@]2(COI)C1. The van der Waals surface area contributed by atoms with Gasteiger partial charge in [-0.3, -0.25) is 4.90 Å². The van der Waals surface area contributed by atoms with Crippen LogP contribution < -0.4 is 0 Å². The van der Waals surface area contributed by atoms with Crippen molar-refractivity contribution in [3.05, 3.63) is 11.9 Å². The second kappa shape index (κ2) is 3.82. The summed E-state index contributed by atoms with van der Waals surface area (Å²) in [5, 5.41) is 0. The Hall–Kier alpha value is 0.320. The molecule has 2 nitrogen and oxygen atoms in total. The molecule has 1 atom stereocenters. The van der Waals surface area contributed by atoms with Crippen LogP contribution in [0.25, 0.3) is 0 Å². The van der Waals surface area contributed by atoms with Crippen LogP contribution >= 0.6 is 23.0 Å². The minimum absolute atomic E-state index is 0.124. The number of nitrogens with zero attached hydrogens (tertiary/aromatic N) is 1. The van der Waals surface area contributed by atoms with Gasteiger partial charge in [-0.2, -0.15) is 0 Å². The lowest BCUT2D eigenvalue weighted by atomic mass is 9.94. The molecule has 0 saturated carbocycles. The quantitative estimate of drug-likeness (QED) is 0.726. The van der Waals surface area contributed by atoms with Crippen LogP contribution in [0.2, 0.25) is 0 Å². The van der Waals surface area contributed by atoms with E-state index in [0.717, 1.165) is 44.4 Å². The molecular weight excluding hydrogens is 284 g/mol. The van der Waals surface area contributed by atoms with Gasteiger partial charge in [0.1, 0.15) is 23.0 Å². The van der Waals surface area contributed by atoms with Crippen molar-refractivity contribution < 1.29 is 7.46 Å². The second-order valence-corrected chi connectivity index (χ2v) is 4.57. The van der Waals surface area contributed by atoms with E-state index in [0.29, 0.717) is 0 Å². The van der Waals surface area contributed by atoms with E-state index in [-0.39, 0.29) is 5.54 Å². The van der Waals surface area contributed by atoms with Gasteiger partial charge >= 0.3 is 0 Å². The molecule has 0 aromatic carbocycles. The summed E-state index contributed by atoms with van der Waals surface area (Å²) in [7, 11) is 0. The van der Waals surface area contributed by atoms with Gasteiger partial charge in [-0.15, -0.1) is 0 Å². The van der Waals surface area contributed by atoms with E-state index in [1.807, 2.05) is 23.0 Å². The molecule has 0 amide bonds. The Morgan fingerprint density at radius 3 is 3.23 bits per heavy atom. The minimum Gasteiger partial charge on any atom is -0.314 e. The van der Waals surface area contributed by atoms with E-state index in [4.69, 9.17) is 3.07 Å². The zero-order chi connectivity index (χ0) is 9.31. The number of rotatable bonds is 2. The normalized spacial score (nSPS) is 37.2. The highest BCUT2D eigenvalue weighted by Crippen LogP contribution is 2.41.